The molecule has 0 aliphatic rings. The summed E-state index contributed by atoms with van der Waals surface area (Å²) in [6.07, 6.45) is 3.00. The van der Waals surface area contributed by atoms with Gasteiger partial charge in [-0.3, -0.25) is 0 Å². The number of pyridine rings is 1. The highest BCUT2D eigenvalue weighted by Gasteiger charge is 1.99. The van der Waals surface area contributed by atoms with Crippen molar-refractivity contribution < 1.29 is 0 Å². The first-order valence-corrected chi connectivity index (χ1v) is 5.63. The average Bonchev–Trinajstić information content (AvgIpc) is 2.26. The van der Waals surface area contributed by atoms with Gasteiger partial charge in [0, 0.05) is 19.3 Å². The van der Waals surface area contributed by atoms with Gasteiger partial charge in [0.1, 0.15) is 5.82 Å². The molecule has 84 valence electrons. The molecule has 0 aromatic carbocycles. The highest BCUT2D eigenvalue weighted by Crippen LogP contribution is 2.08. The van der Waals surface area contributed by atoms with Gasteiger partial charge in [0.25, 0.3) is 0 Å². The molecule has 1 aromatic rings. The first-order chi connectivity index (χ1) is 7.26. The van der Waals surface area contributed by atoms with Gasteiger partial charge in [-0.25, -0.2) is 4.98 Å². The number of nitrogens with zero attached hydrogens (tertiary/aromatic N) is 2. The predicted octanol–water partition coefficient (Wildman–Crippen LogP) is 2.36. The van der Waals surface area contributed by atoms with Crippen LogP contribution in [0.3, 0.4) is 0 Å². The third-order valence-corrected chi connectivity index (χ3v) is 2.37. The lowest BCUT2D eigenvalue weighted by molar-refractivity contribution is 0.346. The summed E-state index contributed by atoms with van der Waals surface area (Å²) in [5.41, 5.74) is 1.31. The van der Waals surface area contributed by atoms with Crippen LogP contribution in [0, 0.1) is 0 Å². The van der Waals surface area contributed by atoms with Gasteiger partial charge in [-0.15, -0.1) is 0 Å². The molecular weight excluding hydrogens is 186 g/mol. The minimum absolute atomic E-state index is 0.985. The number of hydrogen-bond acceptors (Lipinski definition) is 3. The van der Waals surface area contributed by atoms with E-state index in [9.17, 15) is 0 Å². The van der Waals surface area contributed by atoms with Crippen molar-refractivity contribution in [1.82, 2.24) is 9.88 Å². The largest absolute Gasteiger partial charge is 0.370 e. The fourth-order valence-corrected chi connectivity index (χ4v) is 1.35. The number of rotatable bonds is 6. The molecule has 0 bridgehead atoms. The highest BCUT2D eigenvalue weighted by molar-refractivity contribution is 5.37. The van der Waals surface area contributed by atoms with Crippen molar-refractivity contribution in [3.05, 3.63) is 23.9 Å². The van der Waals surface area contributed by atoms with Crippen molar-refractivity contribution >= 4 is 5.82 Å². The molecule has 3 nitrogen and oxygen atoms in total. The fourth-order valence-electron chi connectivity index (χ4n) is 1.35. The zero-order valence-electron chi connectivity index (χ0n) is 9.95. The zero-order valence-corrected chi connectivity index (χ0v) is 9.95. The molecule has 1 heterocycles. The smallest absolute Gasteiger partial charge is 0.126 e. The average molecular weight is 207 g/mol. The molecule has 0 saturated carbocycles. The first kappa shape index (κ1) is 12.0. The Morgan fingerprint density at radius 2 is 2.20 bits per heavy atom. The van der Waals surface area contributed by atoms with E-state index < -0.39 is 0 Å². The molecule has 0 saturated heterocycles. The lowest BCUT2D eigenvalue weighted by atomic mass is 10.2. The standard InChI is InChI=1S/C12H21N3/c1-4-7-13-12-9-11(6-8-14-12)10-15(3)5-2/h6,8-9H,4-5,7,10H2,1-3H3,(H,13,14). The molecule has 0 aliphatic heterocycles. The molecule has 0 atom stereocenters. The molecule has 15 heavy (non-hydrogen) atoms. The fraction of sp³-hybridized carbons (Fsp3) is 0.583. The molecular formula is C12H21N3. The molecule has 3 heteroatoms. The van der Waals surface area contributed by atoms with Crippen LogP contribution in [0.15, 0.2) is 18.3 Å². The third kappa shape index (κ3) is 4.30. The van der Waals surface area contributed by atoms with E-state index in [-0.39, 0.29) is 0 Å². The van der Waals surface area contributed by atoms with E-state index in [1.165, 1.54) is 5.56 Å². The van der Waals surface area contributed by atoms with Gasteiger partial charge in [0.05, 0.1) is 0 Å². The van der Waals surface area contributed by atoms with E-state index in [2.05, 4.69) is 48.2 Å². The number of nitrogens with one attached hydrogen (secondary N) is 1. The highest BCUT2D eigenvalue weighted by atomic mass is 15.1. The Labute approximate surface area is 92.5 Å². The molecule has 0 unspecified atom stereocenters. The van der Waals surface area contributed by atoms with Gasteiger partial charge in [0.2, 0.25) is 0 Å². The number of anilines is 1. The summed E-state index contributed by atoms with van der Waals surface area (Å²) in [6, 6.07) is 4.20. The predicted molar refractivity (Wildman–Crippen MR) is 65.0 cm³/mol. The maximum atomic E-state index is 4.28. The lowest BCUT2D eigenvalue weighted by Crippen LogP contribution is -2.16. The van der Waals surface area contributed by atoms with E-state index >= 15 is 0 Å². The van der Waals surface area contributed by atoms with Crippen molar-refractivity contribution in [2.45, 2.75) is 26.8 Å². The first-order valence-electron chi connectivity index (χ1n) is 5.63. The Kier molecular flexibility index (Phi) is 5.12. The van der Waals surface area contributed by atoms with Crippen LogP contribution in [0.2, 0.25) is 0 Å². The van der Waals surface area contributed by atoms with Gasteiger partial charge >= 0.3 is 0 Å². The second-order valence-electron chi connectivity index (χ2n) is 3.81. The minimum Gasteiger partial charge on any atom is -0.370 e. The molecule has 0 aliphatic carbocycles. The SMILES string of the molecule is CCCNc1cc(CN(C)CC)ccn1. The summed E-state index contributed by atoms with van der Waals surface area (Å²) in [5, 5.41) is 3.30. The Morgan fingerprint density at radius 1 is 1.40 bits per heavy atom. The van der Waals surface area contributed by atoms with Crippen LogP contribution in [0.4, 0.5) is 5.82 Å². The number of aromatic nitrogens is 1. The molecule has 0 spiro atoms. The molecule has 0 radical (unpaired) electrons. The Hall–Kier alpha value is -1.09. The van der Waals surface area contributed by atoms with Crippen LogP contribution < -0.4 is 5.32 Å². The second kappa shape index (κ2) is 6.40. The van der Waals surface area contributed by atoms with E-state index in [4.69, 9.17) is 0 Å². The molecule has 1 aromatic heterocycles. The van der Waals surface area contributed by atoms with E-state index in [0.717, 1.165) is 31.9 Å². The third-order valence-electron chi connectivity index (χ3n) is 2.37. The van der Waals surface area contributed by atoms with Crippen LogP contribution in [0.1, 0.15) is 25.8 Å². The molecule has 0 amide bonds. The van der Waals surface area contributed by atoms with Gasteiger partial charge < -0.3 is 10.2 Å². The van der Waals surface area contributed by atoms with Crippen molar-refractivity contribution in [2.75, 3.05) is 25.5 Å². The van der Waals surface area contributed by atoms with Crippen molar-refractivity contribution in [3.8, 4) is 0 Å². The maximum absolute atomic E-state index is 4.28. The summed E-state index contributed by atoms with van der Waals surface area (Å²) < 4.78 is 0. The van der Waals surface area contributed by atoms with Gasteiger partial charge in [-0.1, -0.05) is 13.8 Å². The van der Waals surface area contributed by atoms with Crippen LogP contribution in [0.5, 0.6) is 0 Å². The van der Waals surface area contributed by atoms with Gasteiger partial charge in [0.15, 0.2) is 0 Å². The number of hydrogen-bond donors (Lipinski definition) is 1. The second-order valence-corrected chi connectivity index (χ2v) is 3.81. The van der Waals surface area contributed by atoms with E-state index in [0.29, 0.717) is 0 Å². The normalized spacial score (nSPS) is 10.7. The van der Waals surface area contributed by atoms with Crippen LogP contribution in [-0.4, -0.2) is 30.0 Å². The molecule has 1 N–H and O–H groups in total. The monoisotopic (exact) mass is 207 g/mol. The quantitative estimate of drug-likeness (QED) is 0.776. The Morgan fingerprint density at radius 3 is 2.87 bits per heavy atom. The van der Waals surface area contributed by atoms with E-state index in [1.54, 1.807) is 0 Å². The maximum Gasteiger partial charge on any atom is 0.126 e. The van der Waals surface area contributed by atoms with Crippen LogP contribution in [0.25, 0.3) is 0 Å². The van der Waals surface area contributed by atoms with Crippen LogP contribution in [-0.2, 0) is 6.54 Å². The lowest BCUT2D eigenvalue weighted by Gasteiger charge is -2.14. The summed E-state index contributed by atoms with van der Waals surface area (Å²) in [7, 11) is 2.12. The van der Waals surface area contributed by atoms with Gasteiger partial charge in [-0.2, -0.15) is 0 Å². The molecule has 1 rings (SSSR count). The summed E-state index contributed by atoms with van der Waals surface area (Å²) in [6.45, 7) is 7.36. The van der Waals surface area contributed by atoms with Crippen molar-refractivity contribution in [3.63, 3.8) is 0 Å². The van der Waals surface area contributed by atoms with Crippen molar-refractivity contribution in [1.29, 1.82) is 0 Å². The Bertz CT molecular complexity index is 286. The van der Waals surface area contributed by atoms with Gasteiger partial charge in [-0.05, 0) is 37.7 Å². The summed E-state index contributed by atoms with van der Waals surface area (Å²) in [5.74, 6) is 0.985. The topological polar surface area (TPSA) is 28.2 Å². The van der Waals surface area contributed by atoms with Crippen LogP contribution >= 0.6 is 0 Å². The van der Waals surface area contributed by atoms with Crippen molar-refractivity contribution in [2.24, 2.45) is 0 Å². The zero-order chi connectivity index (χ0) is 11.1. The Balaban J connectivity index is 2.57. The summed E-state index contributed by atoms with van der Waals surface area (Å²) in [4.78, 5) is 6.56. The molecule has 0 fully saturated rings. The summed E-state index contributed by atoms with van der Waals surface area (Å²) >= 11 is 0. The minimum atomic E-state index is 0.985. The van der Waals surface area contributed by atoms with E-state index in [1.807, 2.05) is 6.20 Å².